The van der Waals surface area contributed by atoms with Gasteiger partial charge in [0.25, 0.3) is 0 Å². The molecule has 0 fully saturated rings. The van der Waals surface area contributed by atoms with Gasteiger partial charge >= 0.3 is 0 Å². The van der Waals surface area contributed by atoms with Gasteiger partial charge in [-0.1, -0.05) is 23.8 Å². The van der Waals surface area contributed by atoms with Crippen molar-refractivity contribution in [3.8, 4) is 11.3 Å². The van der Waals surface area contributed by atoms with Crippen LogP contribution < -0.4 is 0 Å². The molecule has 0 radical (unpaired) electrons. The Labute approximate surface area is 91.8 Å². The van der Waals surface area contributed by atoms with Crippen molar-refractivity contribution in [3.05, 3.63) is 46.6 Å². The average molecular weight is 220 g/mol. The fourth-order valence-corrected chi connectivity index (χ4v) is 1.53. The molecular weight excluding hydrogens is 211 g/mol. The lowest BCUT2D eigenvalue weighted by atomic mass is 10.1. The lowest BCUT2D eigenvalue weighted by Gasteiger charge is -2.03. The fourth-order valence-electron chi connectivity index (χ4n) is 1.36. The molecular formula is C11H9FN2S. The van der Waals surface area contributed by atoms with Gasteiger partial charge in [0.2, 0.25) is 0 Å². The highest BCUT2D eigenvalue weighted by Crippen LogP contribution is 2.20. The smallest absolute Gasteiger partial charge is 0.132 e. The summed E-state index contributed by atoms with van der Waals surface area (Å²) in [6.45, 7) is 1.91. The molecule has 76 valence electrons. The lowest BCUT2D eigenvalue weighted by molar-refractivity contribution is 0.630. The first-order chi connectivity index (χ1) is 7.16. The van der Waals surface area contributed by atoms with E-state index in [0.717, 1.165) is 5.56 Å². The highest BCUT2D eigenvalue weighted by Gasteiger charge is 2.05. The summed E-state index contributed by atoms with van der Waals surface area (Å²) < 4.78 is 14.0. The van der Waals surface area contributed by atoms with Gasteiger partial charge in [-0.3, -0.25) is 4.98 Å². The molecule has 1 N–H and O–H groups in total. The van der Waals surface area contributed by atoms with E-state index in [4.69, 9.17) is 12.2 Å². The second-order valence-corrected chi connectivity index (χ2v) is 3.73. The van der Waals surface area contributed by atoms with Crippen LogP contribution in [0.25, 0.3) is 11.3 Å². The number of aromatic amines is 1. The number of aryl methyl sites for hydroxylation is 1. The van der Waals surface area contributed by atoms with E-state index in [1.165, 1.54) is 12.3 Å². The third-order valence-electron chi connectivity index (χ3n) is 2.07. The number of benzene rings is 1. The van der Waals surface area contributed by atoms with E-state index in [-0.39, 0.29) is 5.82 Å². The topological polar surface area (TPSA) is 28.7 Å². The van der Waals surface area contributed by atoms with Crippen molar-refractivity contribution >= 4 is 12.2 Å². The van der Waals surface area contributed by atoms with E-state index in [0.29, 0.717) is 15.9 Å². The summed E-state index contributed by atoms with van der Waals surface area (Å²) in [5.41, 5.74) is 2.09. The largest absolute Gasteiger partial charge is 0.343 e. The van der Waals surface area contributed by atoms with Crippen molar-refractivity contribution in [1.29, 1.82) is 0 Å². The van der Waals surface area contributed by atoms with Crippen molar-refractivity contribution in [2.45, 2.75) is 6.92 Å². The van der Waals surface area contributed by atoms with Gasteiger partial charge in [0.1, 0.15) is 10.5 Å². The Morgan fingerprint density at radius 2 is 2.13 bits per heavy atom. The van der Waals surface area contributed by atoms with Gasteiger partial charge in [-0.25, -0.2) is 4.39 Å². The number of hydrogen-bond donors (Lipinski definition) is 1. The molecule has 0 bridgehead atoms. The van der Waals surface area contributed by atoms with E-state index in [1.54, 1.807) is 18.3 Å². The van der Waals surface area contributed by atoms with Gasteiger partial charge in [-0.2, -0.15) is 0 Å². The number of halogens is 1. The van der Waals surface area contributed by atoms with Crippen molar-refractivity contribution in [2.24, 2.45) is 0 Å². The molecule has 15 heavy (non-hydrogen) atoms. The molecule has 2 nitrogen and oxygen atoms in total. The van der Waals surface area contributed by atoms with Gasteiger partial charge in [-0.05, 0) is 19.1 Å². The monoisotopic (exact) mass is 220 g/mol. The maximum Gasteiger partial charge on any atom is 0.132 e. The van der Waals surface area contributed by atoms with Crippen LogP contribution in [0.5, 0.6) is 0 Å². The Kier molecular flexibility index (Phi) is 2.60. The van der Waals surface area contributed by atoms with Crippen LogP contribution >= 0.6 is 12.2 Å². The van der Waals surface area contributed by atoms with Crippen molar-refractivity contribution in [1.82, 2.24) is 9.97 Å². The molecule has 0 amide bonds. The molecule has 0 unspecified atom stereocenters. The van der Waals surface area contributed by atoms with Gasteiger partial charge in [0.15, 0.2) is 0 Å². The summed E-state index contributed by atoms with van der Waals surface area (Å²) >= 11 is 4.94. The molecule has 2 rings (SSSR count). The predicted octanol–water partition coefficient (Wildman–Crippen LogP) is 3.25. The number of H-pyrrole nitrogens is 1. The Balaban J connectivity index is 2.63. The van der Waals surface area contributed by atoms with E-state index in [2.05, 4.69) is 9.97 Å². The minimum absolute atomic E-state index is 0.278. The van der Waals surface area contributed by atoms with E-state index in [9.17, 15) is 4.39 Å². The zero-order valence-corrected chi connectivity index (χ0v) is 8.94. The van der Waals surface area contributed by atoms with Crippen LogP contribution in [0.4, 0.5) is 4.39 Å². The zero-order valence-electron chi connectivity index (χ0n) is 8.12. The SMILES string of the molecule is Cc1ccc(F)c(-c2cncc(=S)[nH]2)c1. The third-order valence-corrected chi connectivity index (χ3v) is 2.27. The number of hydrogen-bond acceptors (Lipinski definition) is 2. The maximum atomic E-state index is 13.5. The first-order valence-corrected chi connectivity index (χ1v) is 4.88. The second kappa shape index (κ2) is 3.90. The molecule has 0 atom stereocenters. The van der Waals surface area contributed by atoms with Crippen LogP contribution in [0.15, 0.2) is 30.6 Å². The molecule has 1 heterocycles. The normalized spacial score (nSPS) is 10.3. The molecule has 4 heteroatoms. The Hall–Kier alpha value is -1.55. The minimum atomic E-state index is -0.278. The molecule has 1 aromatic carbocycles. The Morgan fingerprint density at radius 3 is 2.87 bits per heavy atom. The second-order valence-electron chi connectivity index (χ2n) is 3.29. The summed E-state index contributed by atoms with van der Waals surface area (Å²) in [7, 11) is 0. The van der Waals surface area contributed by atoms with E-state index >= 15 is 0 Å². The average Bonchev–Trinajstić information content (AvgIpc) is 2.22. The Bertz CT molecular complexity index is 548. The molecule has 2 aromatic rings. The van der Waals surface area contributed by atoms with Crippen LogP contribution in [-0.2, 0) is 0 Å². The quantitative estimate of drug-likeness (QED) is 0.747. The summed E-state index contributed by atoms with van der Waals surface area (Å²) in [5.74, 6) is -0.278. The molecule has 0 aliphatic carbocycles. The minimum Gasteiger partial charge on any atom is -0.343 e. The molecule has 0 saturated carbocycles. The van der Waals surface area contributed by atoms with Crippen molar-refractivity contribution in [2.75, 3.05) is 0 Å². The van der Waals surface area contributed by atoms with Crippen LogP contribution in [0.2, 0.25) is 0 Å². The van der Waals surface area contributed by atoms with Gasteiger partial charge < -0.3 is 4.98 Å². The lowest BCUT2D eigenvalue weighted by Crippen LogP contribution is -1.90. The van der Waals surface area contributed by atoms with Crippen molar-refractivity contribution in [3.63, 3.8) is 0 Å². The third kappa shape index (κ3) is 2.10. The predicted molar refractivity (Wildman–Crippen MR) is 59.6 cm³/mol. The molecule has 1 aromatic heterocycles. The van der Waals surface area contributed by atoms with Crippen LogP contribution in [0.1, 0.15) is 5.56 Å². The molecule has 0 aliphatic rings. The highest BCUT2D eigenvalue weighted by atomic mass is 32.1. The van der Waals surface area contributed by atoms with Crippen LogP contribution in [0, 0.1) is 17.4 Å². The van der Waals surface area contributed by atoms with Gasteiger partial charge in [0, 0.05) is 5.56 Å². The molecule has 0 saturated heterocycles. The van der Waals surface area contributed by atoms with Crippen LogP contribution in [-0.4, -0.2) is 9.97 Å². The maximum absolute atomic E-state index is 13.5. The fraction of sp³-hybridized carbons (Fsp3) is 0.0909. The first kappa shape index (κ1) is 9.98. The number of nitrogens with one attached hydrogen (secondary N) is 1. The van der Waals surface area contributed by atoms with Crippen molar-refractivity contribution < 1.29 is 4.39 Å². The summed E-state index contributed by atoms with van der Waals surface area (Å²) in [6, 6.07) is 4.93. The molecule has 0 spiro atoms. The van der Waals surface area contributed by atoms with E-state index < -0.39 is 0 Å². The van der Waals surface area contributed by atoms with Crippen LogP contribution in [0.3, 0.4) is 0 Å². The molecule has 0 aliphatic heterocycles. The van der Waals surface area contributed by atoms with Gasteiger partial charge in [0.05, 0.1) is 18.1 Å². The standard InChI is InChI=1S/C11H9FN2S/c1-7-2-3-9(12)8(4-7)10-5-13-6-11(15)14-10/h2-6H,1H3,(H,14,15). The zero-order chi connectivity index (χ0) is 10.8. The number of aromatic nitrogens is 2. The summed E-state index contributed by atoms with van der Waals surface area (Å²) in [6.07, 6.45) is 3.08. The van der Waals surface area contributed by atoms with E-state index in [1.807, 2.05) is 6.92 Å². The number of nitrogens with zero attached hydrogens (tertiary/aromatic N) is 1. The summed E-state index contributed by atoms with van der Waals surface area (Å²) in [4.78, 5) is 6.83. The first-order valence-electron chi connectivity index (χ1n) is 4.47. The highest BCUT2D eigenvalue weighted by molar-refractivity contribution is 7.71. The number of rotatable bonds is 1. The Morgan fingerprint density at radius 1 is 1.33 bits per heavy atom. The van der Waals surface area contributed by atoms with Gasteiger partial charge in [-0.15, -0.1) is 0 Å². The summed E-state index contributed by atoms with van der Waals surface area (Å²) in [5, 5.41) is 0.